The summed E-state index contributed by atoms with van der Waals surface area (Å²) >= 11 is 3.34. The molecule has 0 radical (unpaired) electrons. The second kappa shape index (κ2) is 9.34. The average Bonchev–Trinajstić information content (AvgIpc) is 2.66. The van der Waals surface area contributed by atoms with Gasteiger partial charge < -0.3 is 15.3 Å². The molecule has 6 nitrogen and oxygen atoms in total. The van der Waals surface area contributed by atoms with Crippen molar-refractivity contribution in [1.82, 2.24) is 19.8 Å². The van der Waals surface area contributed by atoms with Crippen molar-refractivity contribution in [2.45, 2.75) is 12.6 Å². The van der Waals surface area contributed by atoms with Gasteiger partial charge in [0.2, 0.25) is 5.82 Å². The minimum Gasteiger partial charge on any atom is -0.395 e. The fourth-order valence-electron chi connectivity index (χ4n) is 3.25. The van der Waals surface area contributed by atoms with Crippen LogP contribution in [0.2, 0.25) is 0 Å². The predicted molar refractivity (Wildman–Crippen MR) is 105 cm³/mol. The fourth-order valence-corrected chi connectivity index (χ4v) is 3.61. The molecule has 1 aliphatic rings. The van der Waals surface area contributed by atoms with E-state index in [1.165, 1.54) is 0 Å². The van der Waals surface area contributed by atoms with Gasteiger partial charge in [0.05, 0.1) is 12.1 Å². The largest absolute Gasteiger partial charge is 0.451 e. The second-order valence-corrected chi connectivity index (χ2v) is 7.66. The number of anilines is 1. The lowest BCUT2D eigenvalue weighted by Crippen LogP contribution is -2.47. The highest BCUT2D eigenvalue weighted by molar-refractivity contribution is 9.10. The molecule has 1 saturated heterocycles. The van der Waals surface area contributed by atoms with Gasteiger partial charge in [-0.1, -0.05) is 15.9 Å². The molecule has 1 fully saturated rings. The standard InChI is InChI=1S/C18H23BrF3N5O/c19-13-2-3-15-14(12-13)16(25-17(24-15)18(20,21)22)23-4-1-5-26-6-8-27(9-7-26)10-11-28/h2-3,12,28H,1,4-11H2,(H,23,24,25). The van der Waals surface area contributed by atoms with Gasteiger partial charge in [0, 0.05) is 49.1 Å². The van der Waals surface area contributed by atoms with Crippen molar-refractivity contribution in [2.24, 2.45) is 0 Å². The van der Waals surface area contributed by atoms with Crippen LogP contribution in [0.3, 0.4) is 0 Å². The van der Waals surface area contributed by atoms with E-state index in [9.17, 15) is 13.2 Å². The third kappa shape index (κ3) is 5.53. The summed E-state index contributed by atoms with van der Waals surface area (Å²) < 4.78 is 40.1. The van der Waals surface area contributed by atoms with Gasteiger partial charge in [-0.15, -0.1) is 0 Å². The third-order valence-corrected chi connectivity index (χ3v) is 5.23. The summed E-state index contributed by atoms with van der Waals surface area (Å²) in [7, 11) is 0. The first-order valence-electron chi connectivity index (χ1n) is 9.21. The Labute approximate surface area is 169 Å². The van der Waals surface area contributed by atoms with E-state index in [0.29, 0.717) is 18.5 Å². The number of aliphatic hydroxyl groups excluding tert-OH is 1. The Morgan fingerprint density at radius 1 is 1.07 bits per heavy atom. The van der Waals surface area contributed by atoms with Crippen molar-refractivity contribution < 1.29 is 18.3 Å². The van der Waals surface area contributed by atoms with Crippen LogP contribution in [0.5, 0.6) is 0 Å². The lowest BCUT2D eigenvalue weighted by atomic mass is 10.2. The zero-order chi connectivity index (χ0) is 20.1. The van der Waals surface area contributed by atoms with Crippen molar-refractivity contribution >= 4 is 32.7 Å². The van der Waals surface area contributed by atoms with E-state index in [1.807, 2.05) is 0 Å². The quantitative estimate of drug-likeness (QED) is 0.618. The normalized spacial score (nSPS) is 16.6. The Morgan fingerprint density at radius 3 is 2.39 bits per heavy atom. The number of halogens is 4. The van der Waals surface area contributed by atoms with Gasteiger partial charge in [-0.25, -0.2) is 9.97 Å². The van der Waals surface area contributed by atoms with Crippen LogP contribution in [0.15, 0.2) is 22.7 Å². The average molecular weight is 462 g/mol. The fraction of sp³-hybridized carbons (Fsp3) is 0.556. The maximum Gasteiger partial charge on any atom is 0.451 e. The second-order valence-electron chi connectivity index (χ2n) is 6.74. The van der Waals surface area contributed by atoms with Crippen LogP contribution in [0.4, 0.5) is 19.0 Å². The van der Waals surface area contributed by atoms with E-state index in [2.05, 4.69) is 41.0 Å². The molecular formula is C18H23BrF3N5O. The number of hydrogen-bond acceptors (Lipinski definition) is 6. The zero-order valence-electron chi connectivity index (χ0n) is 15.3. The molecule has 10 heteroatoms. The van der Waals surface area contributed by atoms with Crippen LogP contribution >= 0.6 is 15.9 Å². The molecule has 1 aromatic carbocycles. The molecule has 0 spiro atoms. The van der Waals surface area contributed by atoms with Gasteiger partial charge in [0.25, 0.3) is 0 Å². The maximum atomic E-state index is 13.1. The number of aromatic nitrogens is 2. The molecular weight excluding hydrogens is 439 g/mol. The lowest BCUT2D eigenvalue weighted by molar-refractivity contribution is -0.144. The van der Waals surface area contributed by atoms with Gasteiger partial charge in [-0.05, 0) is 31.2 Å². The molecule has 1 aromatic heterocycles. The highest BCUT2D eigenvalue weighted by atomic mass is 79.9. The van der Waals surface area contributed by atoms with Crippen LogP contribution in [0.25, 0.3) is 10.9 Å². The number of β-amino-alcohol motifs (C(OH)–C–C–N with tert-alkyl or cyclic N) is 1. The number of nitrogens with zero attached hydrogens (tertiary/aromatic N) is 4. The summed E-state index contributed by atoms with van der Waals surface area (Å²) in [6, 6.07) is 4.93. The molecule has 0 atom stereocenters. The van der Waals surface area contributed by atoms with Gasteiger partial charge in [0.15, 0.2) is 0 Å². The van der Waals surface area contributed by atoms with Gasteiger partial charge >= 0.3 is 6.18 Å². The lowest BCUT2D eigenvalue weighted by Gasteiger charge is -2.34. The number of aliphatic hydroxyl groups is 1. The van der Waals surface area contributed by atoms with Crippen LogP contribution < -0.4 is 5.32 Å². The summed E-state index contributed by atoms with van der Waals surface area (Å²) in [5.41, 5.74) is 0.257. The molecule has 2 N–H and O–H groups in total. The van der Waals surface area contributed by atoms with Crippen LogP contribution in [-0.4, -0.2) is 77.3 Å². The molecule has 0 bridgehead atoms. The topological polar surface area (TPSA) is 64.5 Å². The van der Waals surface area contributed by atoms with E-state index in [1.54, 1.807) is 18.2 Å². The van der Waals surface area contributed by atoms with E-state index in [-0.39, 0.29) is 17.9 Å². The van der Waals surface area contributed by atoms with E-state index < -0.39 is 12.0 Å². The summed E-state index contributed by atoms with van der Waals surface area (Å²) in [6.07, 6.45) is -3.80. The minimum atomic E-state index is -4.59. The van der Waals surface area contributed by atoms with Crippen LogP contribution in [0.1, 0.15) is 12.2 Å². The summed E-state index contributed by atoms with van der Waals surface area (Å²) in [6.45, 7) is 5.97. The summed E-state index contributed by atoms with van der Waals surface area (Å²) in [4.78, 5) is 11.9. The van der Waals surface area contributed by atoms with Crippen molar-refractivity contribution in [3.05, 3.63) is 28.5 Å². The smallest absolute Gasteiger partial charge is 0.395 e. The maximum absolute atomic E-state index is 13.1. The van der Waals surface area contributed by atoms with Crippen molar-refractivity contribution in [1.29, 1.82) is 0 Å². The van der Waals surface area contributed by atoms with E-state index in [0.717, 1.165) is 43.6 Å². The first kappa shape index (κ1) is 21.2. The van der Waals surface area contributed by atoms with Gasteiger partial charge in [-0.3, -0.25) is 4.90 Å². The van der Waals surface area contributed by atoms with Gasteiger partial charge in [-0.2, -0.15) is 13.2 Å². The molecule has 154 valence electrons. The molecule has 3 rings (SSSR count). The Hall–Kier alpha value is -1.49. The SMILES string of the molecule is OCCN1CCN(CCCNc2nc(C(F)(F)F)nc3ccc(Br)cc23)CC1. The predicted octanol–water partition coefficient (Wildman–Crippen LogP) is 2.82. The first-order chi connectivity index (χ1) is 13.4. The number of alkyl halides is 3. The Kier molecular flexibility index (Phi) is 7.08. The summed E-state index contributed by atoms with van der Waals surface area (Å²) in [5, 5.41) is 12.6. The molecule has 0 amide bonds. The monoisotopic (exact) mass is 461 g/mol. The van der Waals surface area contributed by atoms with Crippen LogP contribution in [0, 0.1) is 0 Å². The van der Waals surface area contributed by atoms with E-state index >= 15 is 0 Å². The van der Waals surface area contributed by atoms with Crippen LogP contribution in [-0.2, 0) is 6.18 Å². The molecule has 2 aromatic rings. The molecule has 0 aliphatic carbocycles. The van der Waals surface area contributed by atoms with Crippen molar-refractivity contribution in [3.8, 4) is 0 Å². The number of hydrogen-bond donors (Lipinski definition) is 2. The Morgan fingerprint density at radius 2 is 1.75 bits per heavy atom. The number of fused-ring (bicyclic) bond motifs is 1. The highest BCUT2D eigenvalue weighted by Gasteiger charge is 2.35. The zero-order valence-corrected chi connectivity index (χ0v) is 16.9. The van der Waals surface area contributed by atoms with E-state index in [4.69, 9.17) is 5.11 Å². The highest BCUT2D eigenvalue weighted by Crippen LogP contribution is 2.31. The number of benzene rings is 1. The van der Waals surface area contributed by atoms with Gasteiger partial charge in [0.1, 0.15) is 5.82 Å². The molecule has 0 unspecified atom stereocenters. The minimum absolute atomic E-state index is 0.173. The molecule has 1 aliphatic heterocycles. The Balaban J connectivity index is 1.60. The molecule has 2 heterocycles. The third-order valence-electron chi connectivity index (χ3n) is 4.74. The number of piperazine rings is 1. The summed E-state index contributed by atoms with van der Waals surface area (Å²) in [5.74, 6) is -0.934. The Bertz CT molecular complexity index is 797. The molecule has 28 heavy (non-hydrogen) atoms. The van der Waals surface area contributed by atoms with Crippen molar-refractivity contribution in [3.63, 3.8) is 0 Å². The first-order valence-corrected chi connectivity index (χ1v) is 10.00. The molecule has 0 saturated carbocycles. The number of nitrogens with one attached hydrogen (secondary N) is 1. The van der Waals surface area contributed by atoms with Crippen molar-refractivity contribution in [2.75, 3.05) is 57.7 Å². The number of rotatable bonds is 7.